The highest BCUT2D eigenvalue weighted by atomic mass is 15.2. The predicted octanol–water partition coefficient (Wildman–Crippen LogP) is 4.05. The van der Waals surface area contributed by atoms with E-state index in [1.807, 2.05) is 25.1 Å². The van der Waals surface area contributed by atoms with Crippen molar-refractivity contribution in [3.63, 3.8) is 0 Å². The average Bonchev–Trinajstić information content (AvgIpc) is 2.29. The summed E-state index contributed by atoms with van der Waals surface area (Å²) in [5, 5.41) is 6.60. The topological polar surface area (TPSA) is 49.8 Å². The lowest BCUT2D eigenvalue weighted by atomic mass is 10.1. The van der Waals surface area contributed by atoms with E-state index in [1.54, 1.807) is 0 Å². The molecule has 0 aliphatic carbocycles. The molecular weight excluding hydrogens is 248 g/mol. The van der Waals surface area contributed by atoms with Crippen LogP contribution in [0.15, 0.2) is 30.3 Å². The van der Waals surface area contributed by atoms with E-state index >= 15 is 0 Å². The minimum atomic E-state index is -0.0259. The Bertz CT molecular complexity index is 582. The standard InChI is InChI=1S/C16H22N4/c1-11-6-8-13(9-7-11)18-15-17-12(2)10-14(19-15)20-16(3,4)5/h6-10H,1-5H3,(H2,17,18,19,20). The molecule has 4 heteroatoms. The summed E-state index contributed by atoms with van der Waals surface area (Å²) in [5.74, 6) is 1.44. The highest BCUT2D eigenvalue weighted by molar-refractivity contribution is 5.55. The van der Waals surface area contributed by atoms with Crippen LogP contribution in [-0.2, 0) is 0 Å². The second-order valence-electron chi connectivity index (χ2n) is 6.08. The predicted molar refractivity (Wildman–Crippen MR) is 84.6 cm³/mol. The summed E-state index contributed by atoms with van der Waals surface area (Å²) >= 11 is 0. The van der Waals surface area contributed by atoms with E-state index in [4.69, 9.17) is 0 Å². The van der Waals surface area contributed by atoms with E-state index in [0.29, 0.717) is 5.95 Å². The Hall–Kier alpha value is -2.10. The molecule has 0 aliphatic heterocycles. The van der Waals surface area contributed by atoms with Crippen LogP contribution >= 0.6 is 0 Å². The monoisotopic (exact) mass is 270 g/mol. The van der Waals surface area contributed by atoms with Crippen LogP contribution in [0.3, 0.4) is 0 Å². The van der Waals surface area contributed by atoms with E-state index in [-0.39, 0.29) is 5.54 Å². The smallest absolute Gasteiger partial charge is 0.229 e. The Kier molecular flexibility index (Phi) is 3.93. The molecule has 0 bridgehead atoms. The fraction of sp³-hybridized carbons (Fsp3) is 0.375. The van der Waals surface area contributed by atoms with Crippen LogP contribution in [0.4, 0.5) is 17.5 Å². The number of aryl methyl sites for hydroxylation is 2. The maximum Gasteiger partial charge on any atom is 0.229 e. The quantitative estimate of drug-likeness (QED) is 0.883. The molecule has 0 amide bonds. The lowest BCUT2D eigenvalue weighted by molar-refractivity contribution is 0.630. The Morgan fingerprint density at radius 2 is 1.60 bits per heavy atom. The number of anilines is 3. The maximum absolute atomic E-state index is 4.50. The van der Waals surface area contributed by atoms with Crippen molar-refractivity contribution in [2.45, 2.75) is 40.2 Å². The molecule has 106 valence electrons. The second kappa shape index (κ2) is 5.49. The molecule has 0 unspecified atom stereocenters. The Morgan fingerprint density at radius 3 is 2.20 bits per heavy atom. The normalized spacial score (nSPS) is 11.2. The molecule has 20 heavy (non-hydrogen) atoms. The van der Waals surface area contributed by atoms with Gasteiger partial charge in [0.15, 0.2) is 0 Å². The summed E-state index contributed by atoms with van der Waals surface area (Å²) in [6.45, 7) is 10.4. The largest absolute Gasteiger partial charge is 0.365 e. The zero-order chi connectivity index (χ0) is 14.8. The first-order valence-electron chi connectivity index (χ1n) is 6.79. The molecule has 0 fully saturated rings. The number of hydrogen-bond donors (Lipinski definition) is 2. The van der Waals surface area contributed by atoms with Crippen LogP contribution in [0.5, 0.6) is 0 Å². The molecule has 4 nitrogen and oxygen atoms in total. The van der Waals surface area contributed by atoms with Gasteiger partial charge in [-0.2, -0.15) is 4.98 Å². The molecular formula is C16H22N4. The summed E-state index contributed by atoms with van der Waals surface area (Å²) in [4.78, 5) is 8.92. The molecule has 2 rings (SSSR count). The number of hydrogen-bond acceptors (Lipinski definition) is 4. The van der Waals surface area contributed by atoms with Crippen molar-refractivity contribution in [1.82, 2.24) is 9.97 Å². The van der Waals surface area contributed by atoms with Gasteiger partial charge in [0.05, 0.1) is 0 Å². The third-order valence-corrected chi connectivity index (χ3v) is 2.66. The van der Waals surface area contributed by atoms with E-state index in [1.165, 1.54) is 5.56 Å². The van der Waals surface area contributed by atoms with E-state index < -0.39 is 0 Å². The maximum atomic E-state index is 4.50. The van der Waals surface area contributed by atoms with Crippen molar-refractivity contribution in [1.29, 1.82) is 0 Å². The van der Waals surface area contributed by atoms with Gasteiger partial charge in [-0.15, -0.1) is 0 Å². The first-order valence-corrected chi connectivity index (χ1v) is 6.79. The molecule has 1 aromatic carbocycles. The molecule has 2 aromatic rings. The number of rotatable bonds is 3. The van der Waals surface area contributed by atoms with Crippen molar-refractivity contribution in [2.24, 2.45) is 0 Å². The fourth-order valence-electron chi connectivity index (χ4n) is 1.84. The highest BCUT2D eigenvalue weighted by Crippen LogP contribution is 2.18. The summed E-state index contributed by atoms with van der Waals surface area (Å²) in [5.41, 5.74) is 3.13. The Morgan fingerprint density at radius 1 is 0.950 bits per heavy atom. The summed E-state index contributed by atoms with van der Waals surface area (Å²) < 4.78 is 0. The van der Waals surface area contributed by atoms with Crippen LogP contribution < -0.4 is 10.6 Å². The van der Waals surface area contributed by atoms with Crippen LogP contribution in [0.1, 0.15) is 32.0 Å². The van der Waals surface area contributed by atoms with Gasteiger partial charge < -0.3 is 10.6 Å². The van der Waals surface area contributed by atoms with Crippen molar-refractivity contribution in [3.05, 3.63) is 41.6 Å². The molecule has 0 atom stereocenters. The number of benzene rings is 1. The lowest BCUT2D eigenvalue weighted by Crippen LogP contribution is -2.27. The lowest BCUT2D eigenvalue weighted by Gasteiger charge is -2.21. The Balaban J connectivity index is 2.21. The van der Waals surface area contributed by atoms with E-state index in [0.717, 1.165) is 17.2 Å². The molecule has 0 aliphatic rings. The second-order valence-corrected chi connectivity index (χ2v) is 6.08. The molecule has 0 spiro atoms. The van der Waals surface area contributed by atoms with Gasteiger partial charge in [0.2, 0.25) is 5.95 Å². The molecule has 2 N–H and O–H groups in total. The molecule has 0 saturated heterocycles. The summed E-state index contributed by atoms with van der Waals surface area (Å²) in [7, 11) is 0. The minimum Gasteiger partial charge on any atom is -0.365 e. The van der Waals surface area contributed by atoms with Crippen LogP contribution in [0.2, 0.25) is 0 Å². The fourth-order valence-corrected chi connectivity index (χ4v) is 1.84. The van der Waals surface area contributed by atoms with E-state index in [2.05, 4.69) is 60.4 Å². The average molecular weight is 270 g/mol. The first-order chi connectivity index (χ1) is 9.32. The number of nitrogens with one attached hydrogen (secondary N) is 2. The van der Waals surface area contributed by atoms with Gasteiger partial charge in [-0.05, 0) is 46.8 Å². The van der Waals surface area contributed by atoms with Crippen LogP contribution in [0, 0.1) is 13.8 Å². The molecule has 1 heterocycles. The van der Waals surface area contributed by atoms with Gasteiger partial charge in [0.25, 0.3) is 0 Å². The van der Waals surface area contributed by atoms with Gasteiger partial charge >= 0.3 is 0 Å². The zero-order valence-corrected chi connectivity index (χ0v) is 12.8. The van der Waals surface area contributed by atoms with Gasteiger partial charge in [-0.25, -0.2) is 4.98 Å². The Labute approximate surface area is 120 Å². The SMILES string of the molecule is Cc1ccc(Nc2nc(C)cc(NC(C)(C)C)n2)cc1. The summed E-state index contributed by atoms with van der Waals surface area (Å²) in [6, 6.07) is 10.1. The van der Waals surface area contributed by atoms with Gasteiger partial charge in [0.1, 0.15) is 5.82 Å². The van der Waals surface area contributed by atoms with Crippen molar-refractivity contribution < 1.29 is 0 Å². The van der Waals surface area contributed by atoms with Crippen molar-refractivity contribution in [3.8, 4) is 0 Å². The zero-order valence-electron chi connectivity index (χ0n) is 12.8. The van der Waals surface area contributed by atoms with Gasteiger partial charge in [-0.3, -0.25) is 0 Å². The first kappa shape index (κ1) is 14.3. The highest BCUT2D eigenvalue weighted by Gasteiger charge is 2.11. The van der Waals surface area contributed by atoms with Crippen molar-refractivity contribution in [2.75, 3.05) is 10.6 Å². The minimum absolute atomic E-state index is 0.0259. The van der Waals surface area contributed by atoms with Crippen LogP contribution in [-0.4, -0.2) is 15.5 Å². The van der Waals surface area contributed by atoms with Gasteiger partial charge in [-0.1, -0.05) is 17.7 Å². The molecule has 1 aromatic heterocycles. The number of nitrogens with zero attached hydrogens (tertiary/aromatic N) is 2. The third kappa shape index (κ3) is 4.23. The van der Waals surface area contributed by atoms with Crippen molar-refractivity contribution >= 4 is 17.5 Å². The van der Waals surface area contributed by atoms with Crippen LogP contribution in [0.25, 0.3) is 0 Å². The number of aromatic nitrogens is 2. The summed E-state index contributed by atoms with van der Waals surface area (Å²) in [6.07, 6.45) is 0. The van der Waals surface area contributed by atoms with Gasteiger partial charge in [0, 0.05) is 23.0 Å². The van der Waals surface area contributed by atoms with E-state index in [9.17, 15) is 0 Å². The molecule has 0 radical (unpaired) electrons. The third-order valence-electron chi connectivity index (χ3n) is 2.66. The molecule has 0 saturated carbocycles.